The zero-order valence-electron chi connectivity index (χ0n) is 27.3. The fourth-order valence-electron chi connectivity index (χ4n) is 5.95. The number of phenolic OH excluding ortho intramolecular Hbond substituents is 1. The molecule has 0 aliphatic rings. The van der Waals surface area contributed by atoms with E-state index in [9.17, 15) is 24.9 Å². The van der Waals surface area contributed by atoms with Gasteiger partial charge in [0.1, 0.15) is 23.9 Å². The Morgan fingerprint density at radius 2 is 1.60 bits per heavy atom. The molecule has 2 atom stereocenters. The first kappa shape index (κ1) is 33.8. The third-order valence-corrected chi connectivity index (χ3v) is 8.49. The van der Waals surface area contributed by atoms with Crippen molar-refractivity contribution in [3.8, 4) is 28.4 Å². The number of hydrogen-bond acceptors (Lipinski definition) is 7. The summed E-state index contributed by atoms with van der Waals surface area (Å²) < 4.78 is 11.8. The maximum atomic E-state index is 11.7. The third-order valence-electron chi connectivity index (χ3n) is 8.49. The van der Waals surface area contributed by atoms with Crippen molar-refractivity contribution in [2.75, 3.05) is 13.7 Å². The van der Waals surface area contributed by atoms with Gasteiger partial charge in [-0.1, -0.05) is 84.9 Å². The molecule has 0 aliphatic carbocycles. The summed E-state index contributed by atoms with van der Waals surface area (Å²) in [5, 5.41) is 36.9. The van der Waals surface area contributed by atoms with Gasteiger partial charge in [0.2, 0.25) is 5.56 Å². The van der Waals surface area contributed by atoms with E-state index in [1.54, 1.807) is 19.2 Å². The van der Waals surface area contributed by atoms with Gasteiger partial charge in [0, 0.05) is 30.1 Å². The van der Waals surface area contributed by atoms with Gasteiger partial charge in [-0.15, -0.1) is 0 Å². The van der Waals surface area contributed by atoms with Crippen LogP contribution >= 0.6 is 0 Å². The van der Waals surface area contributed by atoms with Gasteiger partial charge in [0.15, 0.2) is 0 Å². The summed E-state index contributed by atoms with van der Waals surface area (Å²) >= 11 is 0. The van der Waals surface area contributed by atoms with Crippen LogP contribution in [0.5, 0.6) is 17.2 Å². The number of ether oxygens (including phenoxy) is 2. The molecule has 1 amide bonds. The Bertz CT molecular complexity index is 2150. The summed E-state index contributed by atoms with van der Waals surface area (Å²) in [5.74, 6) is 1.28. The maximum Gasteiger partial charge on any atom is 0.405 e. The number of H-pyrrole nitrogens is 1. The lowest BCUT2D eigenvalue weighted by Crippen LogP contribution is -2.27. The summed E-state index contributed by atoms with van der Waals surface area (Å²) in [6.07, 6.45) is -1.98. The molecule has 0 saturated heterocycles. The average Bonchev–Trinajstić information content (AvgIpc) is 3.14. The monoisotopic (exact) mass is 671 g/mol. The number of benzene rings is 5. The molecule has 0 aliphatic heterocycles. The number of phenols is 1. The van der Waals surface area contributed by atoms with E-state index in [1.165, 1.54) is 12.1 Å². The van der Waals surface area contributed by atoms with E-state index < -0.39 is 18.2 Å². The summed E-state index contributed by atoms with van der Waals surface area (Å²) in [7, 11) is 1.62. The van der Waals surface area contributed by atoms with Crippen molar-refractivity contribution in [2.45, 2.75) is 25.3 Å². The normalized spacial score (nSPS) is 12.3. The summed E-state index contributed by atoms with van der Waals surface area (Å²) in [5.41, 5.74) is 6.05. The minimum absolute atomic E-state index is 0.0539. The SMILES string of the molecule is COc1cc(-c2ccc(COc3cccc(C(NC(=O)O)c4ccccc4)c3)cc2)ccc1CNCC(O)c1ccc(O)c2[nH]c(=O)ccc12. The summed E-state index contributed by atoms with van der Waals surface area (Å²) in [6, 6.07) is 36.4. The highest BCUT2D eigenvalue weighted by atomic mass is 16.5. The number of aromatic hydroxyl groups is 1. The largest absolute Gasteiger partial charge is 0.506 e. The second-order valence-electron chi connectivity index (χ2n) is 11.8. The number of carbonyl (C=O) groups is 1. The zero-order valence-corrected chi connectivity index (χ0v) is 27.3. The van der Waals surface area contributed by atoms with E-state index >= 15 is 0 Å². The van der Waals surface area contributed by atoms with Crippen molar-refractivity contribution in [2.24, 2.45) is 0 Å². The lowest BCUT2D eigenvalue weighted by Gasteiger charge is -2.19. The van der Waals surface area contributed by atoms with Crippen molar-refractivity contribution in [1.29, 1.82) is 0 Å². The fourth-order valence-corrected chi connectivity index (χ4v) is 5.95. The van der Waals surface area contributed by atoms with Gasteiger partial charge in [-0.05, 0) is 63.7 Å². The van der Waals surface area contributed by atoms with Crippen LogP contribution in [0, 0.1) is 0 Å². The van der Waals surface area contributed by atoms with Crippen LogP contribution in [0.25, 0.3) is 22.0 Å². The van der Waals surface area contributed by atoms with E-state index in [4.69, 9.17) is 9.47 Å². The van der Waals surface area contributed by atoms with Crippen LogP contribution < -0.4 is 25.7 Å². The molecule has 6 N–H and O–H groups in total. The molecule has 0 fully saturated rings. The molecule has 0 bridgehead atoms. The predicted molar refractivity (Wildman–Crippen MR) is 192 cm³/mol. The van der Waals surface area contributed by atoms with Crippen LogP contribution in [0.3, 0.4) is 0 Å². The smallest absolute Gasteiger partial charge is 0.405 e. The highest BCUT2D eigenvalue weighted by Gasteiger charge is 2.17. The number of nitrogens with one attached hydrogen (secondary N) is 3. The van der Waals surface area contributed by atoms with Crippen LogP contribution in [-0.4, -0.2) is 40.1 Å². The number of methoxy groups -OCH3 is 1. The third kappa shape index (κ3) is 7.95. The molecular weight excluding hydrogens is 634 g/mol. The van der Waals surface area contributed by atoms with E-state index in [2.05, 4.69) is 15.6 Å². The molecule has 2 unspecified atom stereocenters. The molecule has 254 valence electrons. The number of aliphatic hydroxyl groups is 1. The number of rotatable bonds is 13. The molecule has 1 heterocycles. The quantitative estimate of drug-likeness (QED) is 0.0797. The first-order valence-electron chi connectivity index (χ1n) is 16.1. The Morgan fingerprint density at radius 1 is 0.840 bits per heavy atom. The molecular formula is C40H37N3O7. The lowest BCUT2D eigenvalue weighted by molar-refractivity contribution is 0.175. The van der Waals surface area contributed by atoms with Gasteiger partial charge in [0.05, 0.1) is 24.8 Å². The van der Waals surface area contributed by atoms with E-state index in [0.717, 1.165) is 33.4 Å². The second-order valence-corrected chi connectivity index (χ2v) is 11.8. The number of amides is 1. The number of aromatic amines is 1. The highest BCUT2D eigenvalue weighted by Crippen LogP contribution is 2.31. The van der Waals surface area contributed by atoms with Crippen LogP contribution in [-0.2, 0) is 13.2 Å². The minimum atomic E-state index is -1.11. The minimum Gasteiger partial charge on any atom is -0.506 e. The summed E-state index contributed by atoms with van der Waals surface area (Å²) in [6.45, 7) is 1.03. The Morgan fingerprint density at radius 3 is 2.36 bits per heavy atom. The van der Waals surface area contributed by atoms with Crippen molar-refractivity contribution in [3.63, 3.8) is 0 Å². The van der Waals surface area contributed by atoms with Gasteiger partial charge < -0.3 is 40.4 Å². The zero-order chi connectivity index (χ0) is 35.0. The first-order chi connectivity index (χ1) is 24.3. The molecule has 6 aromatic rings. The maximum absolute atomic E-state index is 11.7. The Labute approximate surface area is 288 Å². The predicted octanol–water partition coefficient (Wildman–Crippen LogP) is 6.67. The molecule has 50 heavy (non-hydrogen) atoms. The van der Waals surface area contributed by atoms with E-state index in [-0.39, 0.29) is 17.9 Å². The van der Waals surface area contributed by atoms with Crippen LogP contribution in [0.1, 0.15) is 40.0 Å². The highest BCUT2D eigenvalue weighted by molar-refractivity contribution is 5.87. The number of aromatic nitrogens is 1. The van der Waals surface area contributed by atoms with Crippen molar-refractivity contribution >= 4 is 17.0 Å². The summed E-state index contributed by atoms with van der Waals surface area (Å²) in [4.78, 5) is 25.9. The Kier molecular flexibility index (Phi) is 10.4. The van der Waals surface area contributed by atoms with Crippen molar-refractivity contribution in [1.82, 2.24) is 15.6 Å². The lowest BCUT2D eigenvalue weighted by atomic mass is 9.98. The molecule has 0 radical (unpaired) electrons. The van der Waals surface area contributed by atoms with Crippen molar-refractivity contribution in [3.05, 3.63) is 159 Å². The van der Waals surface area contributed by atoms with Crippen molar-refractivity contribution < 1.29 is 29.6 Å². The van der Waals surface area contributed by atoms with Gasteiger partial charge in [-0.3, -0.25) is 4.79 Å². The molecule has 0 saturated carbocycles. The van der Waals surface area contributed by atoms with Crippen LogP contribution in [0.15, 0.2) is 126 Å². The number of carboxylic acid groups (broad SMARTS) is 1. The number of fused-ring (bicyclic) bond motifs is 1. The molecule has 5 aromatic carbocycles. The first-order valence-corrected chi connectivity index (χ1v) is 16.1. The molecule has 1 aromatic heterocycles. The van der Waals surface area contributed by atoms with Gasteiger partial charge in [-0.25, -0.2) is 4.79 Å². The van der Waals surface area contributed by atoms with Gasteiger partial charge >= 0.3 is 6.09 Å². The van der Waals surface area contributed by atoms with Gasteiger partial charge in [0.25, 0.3) is 0 Å². The van der Waals surface area contributed by atoms with Crippen LogP contribution in [0.4, 0.5) is 4.79 Å². The fraction of sp³-hybridized carbons (Fsp3) is 0.150. The molecule has 10 nitrogen and oxygen atoms in total. The number of aliphatic hydroxyl groups excluding tert-OH is 1. The Balaban J connectivity index is 1.07. The molecule has 10 heteroatoms. The molecule has 0 spiro atoms. The average molecular weight is 672 g/mol. The number of pyridine rings is 1. The number of hydrogen-bond donors (Lipinski definition) is 6. The molecule has 6 rings (SSSR count). The Hall–Kier alpha value is -6.10. The van der Waals surface area contributed by atoms with Crippen LogP contribution in [0.2, 0.25) is 0 Å². The topological polar surface area (TPSA) is 153 Å². The van der Waals surface area contributed by atoms with Gasteiger partial charge in [-0.2, -0.15) is 0 Å². The van der Waals surface area contributed by atoms with E-state index in [0.29, 0.717) is 41.1 Å². The standard InChI is InChI=1S/C40H37N3O7/c1-49-36-21-28(14-15-30(36)22-41-23-35(45)32-16-18-34(44)39-33(32)17-19-37(46)42-39)26-12-10-25(11-13-26)24-50-31-9-5-8-29(20-31)38(43-40(47)48)27-6-3-2-4-7-27/h2-21,35,38,41,43-45H,22-24H2,1H3,(H,42,46)(H,47,48). The van der Waals surface area contributed by atoms with E-state index in [1.807, 2.05) is 97.1 Å². The second kappa shape index (κ2) is 15.4.